The molecule has 3 saturated carbocycles. The molecule has 0 aliphatic heterocycles. The molecule has 1 aromatic carbocycles. The summed E-state index contributed by atoms with van der Waals surface area (Å²) >= 11 is 1.78. The summed E-state index contributed by atoms with van der Waals surface area (Å²) in [5.41, 5.74) is 4.17. The average molecular weight is 602 g/mol. The predicted octanol–water partition coefficient (Wildman–Crippen LogP) is 7.69. The van der Waals surface area contributed by atoms with Gasteiger partial charge in [-0.3, -0.25) is 14.6 Å². The quantitative estimate of drug-likeness (QED) is 0.234. The number of carbonyl (C=O) groups excluding carboxylic acids is 2. The van der Waals surface area contributed by atoms with Crippen LogP contribution in [0.5, 0.6) is 5.75 Å². The Kier molecular flexibility index (Phi) is 9.12. The molecule has 0 saturated heterocycles. The van der Waals surface area contributed by atoms with Crippen LogP contribution in [0.2, 0.25) is 0 Å². The number of methoxy groups -OCH3 is 2. The average Bonchev–Trinajstić information content (AvgIpc) is 3.79. The Labute approximate surface area is 259 Å². The second-order valence-electron chi connectivity index (χ2n) is 12.6. The van der Waals surface area contributed by atoms with E-state index in [2.05, 4.69) is 35.2 Å². The number of thiazole rings is 1. The van der Waals surface area contributed by atoms with Crippen LogP contribution in [0.3, 0.4) is 0 Å². The number of anilines is 1. The van der Waals surface area contributed by atoms with Gasteiger partial charge >= 0.3 is 5.97 Å². The molecule has 0 radical (unpaired) electrons. The van der Waals surface area contributed by atoms with Gasteiger partial charge in [-0.1, -0.05) is 12.1 Å². The molecular weight excluding hydrogens is 558 g/mol. The number of rotatable bonds is 9. The zero-order chi connectivity index (χ0) is 29.9. The van der Waals surface area contributed by atoms with Gasteiger partial charge in [0.15, 0.2) is 0 Å². The zero-order valence-electron chi connectivity index (χ0n) is 25.6. The third kappa shape index (κ3) is 6.79. The summed E-state index contributed by atoms with van der Waals surface area (Å²) in [6.45, 7) is 2.72. The Morgan fingerprint density at radius 2 is 1.63 bits per heavy atom. The maximum atomic E-state index is 14.2. The fourth-order valence-corrected chi connectivity index (χ4v) is 8.05. The summed E-state index contributed by atoms with van der Waals surface area (Å²) in [5, 5.41) is 1.23. The van der Waals surface area contributed by atoms with Crippen molar-refractivity contribution >= 4 is 28.9 Å². The van der Waals surface area contributed by atoms with Gasteiger partial charge in [0.1, 0.15) is 5.75 Å². The summed E-state index contributed by atoms with van der Waals surface area (Å²) in [5.74, 6) is 2.21. The number of hydrogen-bond donors (Lipinski definition) is 0. The van der Waals surface area contributed by atoms with Crippen molar-refractivity contribution in [3.63, 3.8) is 0 Å². The van der Waals surface area contributed by atoms with Crippen LogP contribution in [0.25, 0.3) is 10.4 Å². The molecule has 3 aromatic rings. The van der Waals surface area contributed by atoms with Crippen LogP contribution in [-0.2, 0) is 14.3 Å². The van der Waals surface area contributed by atoms with Crippen molar-refractivity contribution in [1.82, 2.24) is 9.97 Å². The van der Waals surface area contributed by atoms with E-state index in [-0.39, 0.29) is 23.7 Å². The molecule has 2 aromatic heterocycles. The van der Waals surface area contributed by atoms with E-state index in [9.17, 15) is 9.59 Å². The molecule has 1 amide bonds. The fourth-order valence-electron chi connectivity index (χ4n) is 6.96. The first-order valence-electron chi connectivity index (χ1n) is 15.9. The number of benzene rings is 1. The Morgan fingerprint density at radius 1 is 0.907 bits per heavy atom. The number of aromatic nitrogens is 2. The van der Waals surface area contributed by atoms with Crippen molar-refractivity contribution < 1.29 is 19.1 Å². The molecule has 8 heteroatoms. The maximum absolute atomic E-state index is 14.2. The van der Waals surface area contributed by atoms with Crippen LogP contribution in [0, 0.1) is 24.7 Å². The van der Waals surface area contributed by atoms with Crippen LogP contribution in [0.1, 0.15) is 92.4 Å². The SMILES string of the molecule is COC(=O)C1CCC(C(=O)N(CC2CCC(c3ccc(OC)c(C)n3)CC2)c2cccc(-c3cnc(C4CC4)s3)c2)CC1. The van der Waals surface area contributed by atoms with Crippen LogP contribution in [0.15, 0.2) is 42.6 Å². The number of esters is 1. The van der Waals surface area contributed by atoms with E-state index < -0.39 is 0 Å². The van der Waals surface area contributed by atoms with Crippen molar-refractivity contribution in [3.8, 4) is 16.2 Å². The van der Waals surface area contributed by atoms with E-state index >= 15 is 0 Å². The van der Waals surface area contributed by atoms with Crippen molar-refractivity contribution in [2.45, 2.75) is 83.0 Å². The van der Waals surface area contributed by atoms with Gasteiger partial charge in [0.2, 0.25) is 5.91 Å². The largest absolute Gasteiger partial charge is 0.495 e. The minimum atomic E-state index is -0.149. The highest BCUT2D eigenvalue weighted by molar-refractivity contribution is 7.15. The molecule has 3 fully saturated rings. The molecule has 2 heterocycles. The second-order valence-corrected chi connectivity index (χ2v) is 13.7. The van der Waals surface area contributed by atoms with E-state index in [0.717, 1.165) is 78.3 Å². The van der Waals surface area contributed by atoms with Crippen LogP contribution < -0.4 is 9.64 Å². The van der Waals surface area contributed by atoms with Crippen LogP contribution in [-0.4, -0.2) is 42.6 Å². The van der Waals surface area contributed by atoms with Crippen LogP contribution >= 0.6 is 11.3 Å². The van der Waals surface area contributed by atoms with E-state index in [0.29, 0.717) is 30.6 Å². The van der Waals surface area contributed by atoms with E-state index in [1.807, 2.05) is 19.2 Å². The number of ether oxygens (including phenoxy) is 2. The van der Waals surface area contributed by atoms with Gasteiger partial charge in [-0.25, -0.2) is 4.98 Å². The number of aryl methyl sites for hydroxylation is 1. The lowest BCUT2D eigenvalue weighted by atomic mass is 9.79. The Bertz CT molecular complexity index is 1430. The van der Waals surface area contributed by atoms with Crippen molar-refractivity contribution in [1.29, 1.82) is 0 Å². The van der Waals surface area contributed by atoms with Gasteiger partial charge in [0, 0.05) is 41.9 Å². The summed E-state index contributed by atoms with van der Waals surface area (Å²) < 4.78 is 10.4. The molecule has 0 N–H and O–H groups in total. The summed E-state index contributed by atoms with van der Waals surface area (Å²) in [6.07, 6.45) is 11.6. The number of amides is 1. The summed E-state index contributed by atoms with van der Waals surface area (Å²) in [6, 6.07) is 12.6. The summed E-state index contributed by atoms with van der Waals surface area (Å²) in [7, 11) is 3.14. The second kappa shape index (κ2) is 13.2. The zero-order valence-corrected chi connectivity index (χ0v) is 26.4. The topological polar surface area (TPSA) is 81.6 Å². The molecule has 228 valence electrons. The van der Waals surface area contributed by atoms with Crippen LogP contribution in [0.4, 0.5) is 5.69 Å². The van der Waals surface area contributed by atoms with Crippen molar-refractivity contribution in [2.24, 2.45) is 17.8 Å². The predicted molar refractivity (Wildman–Crippen MR) is 170 cm³/mol. The number of pyridine rings is 1. The fraction of sp³-hybridized carbons (Fsp3) is 0.543. The number of carbonyl (C=O) groups is 2. The smallest absolute Gasteiger partial charge is 0.308 e. The van der Waals surface area contributed by atoms with E-state index in [1.165, 1.54) is 25.0 Å². The third-order valence-corrected chi connectivity index (χ3v) is 11.0. The molecule has 0 spiro atoms. The van der Waals surface area contributed by atoms with Gasteiger partial charge in [-0.15, -0.1) is 11.3 Å². The molecular formula is C35H43N3O4S. The molecule has 0 unspecified atom stereocenters. The minimum Gasteiger partial charge on any atom is -0.495 e. The van der Waals surface area contributed by atoms with Gasteiger partial charge in [-0.05, 0) is 107 Å². The first kappa shape index (κ1) is 29.8. The first-order valence-corrected chi connectivity index (χ1v) is 16.7. The maximum Gasteiger partial charge on any atom is 0.308 e. The van der Waals surface area contributed by atoms with Gasteiger partial charge < -0.3 is 14.4 Å². The Balaban J connectivity index is 1.19. The lowest BCUT2D eigenvalue weighted by Gasteiger charge is -2.36. The molecule has 43 heavy (non-hydrogen) atoms. The van der Waals surface area contributed by atoms with Gasteiger partial charge in [0.05, 0.1) is 35.7 Å². The number of hydrogen-bond acceptors (Lipinski definition) is 7. The number of nitrogens with zero attached hydrogens (tertiary/aromatic N) is 3. The van der Waals surface area contributed by atoms with Gasteiger partial charge in [0.25, 0.3) is 0 Å². The highest BCUT2D eigenvalue weighted by atomic mass is 32.1. The standard InChI is InChI=1S/C35H43N3O4S/c1-22-31(41-2)18-17-30(37-22)24-9-7-23(8-10-24)21-38(34(39)26-13-15-27(16-14-26)35(40)42-3)29-6-4-5-28(19-29)32-20-36-33(43-32)25-11-12-25/h4-6,17-20,23-27H,7-16,21H2,1-3H3. The normalized spacial score (nSPS) is 23.9. The first-order chi connectivity index (χ1) is 20.9. The van der Waals surface area contributed by atoms with Gasteiger partial charge in [-0.2, -0.15) is 0 Å². The van der Waals surface area contributed by atoms with Crippen molar-refractivity contribution in [2.75, 3.05) is 25.7 Å². The minimum absolute atomic E-state index is 0.0720. The highest BCUT2D eigenvalue weighted by Crippen LogP contribution is 2.44. The lowest BCUT2D eigenvalue weighted by Crippen LogP contribution is -2.42. The molecule has 0 bridgehead atoms. The molecule has 0 atom stereocenters. The summed E-state index contributed by atoms with van der Waals surface area (Å²) in [4.78, 5) is 39.1. The molecule has 3 aliphatic rings. The molecule has 3 aliphatic carbocycles. The molecule has 6 rings (SSSR count). The Hall–Kier alpha value is -3.26. The lowest BCUT2D eigenvalue weighted by molar-refractivity contribution is -0.147. The Morgan fingerprint density at radius 3 is 2.30 bits per heavy atom. The highest BCUT2D eigenvalue weighted by Gasteiger charge is 2.35. The molecule has 7 nitrogen and oxygen atoms in total. The third-order valence-electron chi connectivity index (χ3n) is 9.75. The van der Waals surface area contributed by atoms with Crippen molar-refractivity contribution in [3.05, 3.63) is 59.0 Å². The monoisotopic (exact) mass is 601 g/mol. The van der Waals surface area contributed by atoms with E-state index in [1.54, 1.807) is 18.4 Å². The van der Waals surface area contributed by atoms with E-state index in [4.69, 9.17) is 19.4 Å².